The Morgan fingerprint density at radius 1 is 0.875 bits per heavy atom. The predicted molar refractivity (Wildman–Crippen MR) is 101 cm³/mol. The van der Waals surface area contributed by atoms with Gasteiger partial charge in [0.1, 0.15) is 0 Å². The number of anilines is 2. The molecule has 0 aliphatic carbocycles. The second-order valence-electron chi connectivity index (χ2n) is 5.54. The van der Waals surface area contributed by atoms with Gasteiger partial charge < -0.3 is 10.6 Å². The molecule has 5 heteroatoms. The molecule has 2 amide bonds. The van der Waals surface area contributed by atoms with Crippen LogP contribution in [0.3, 0.4) is 0 Å². The molecule has 0 unspecified atom stereocenters. The van der Waals surface area contributed by atoms with Crippen LogP contribution in [0.25, 0.3) is 0 Å². The van der Waals surface area contributed by atoms with Gasteiger partial charge in [-0.1, -0.05) is 29.8 Å². The van der Waals surface area contributed by atoms with Crippen molar-refractivity contribution < 1.29 is 9.59 Å². The minimum absolute atomic E-state index is 0.0189. The highest BCUT2D eigenvalue weighted by Crippen LogP contribution is 2.17. The Morgan fingerprint density at radius 2 is 1.38 bits per heavy atom. The Labute approximate surface area is 150 Å². The molecule has 0 aliphatic rings. The number of carbonyl (C=O) groups is 2. The van der Waals surface area contributed by atoms with Crippen molar-refractivity contribution in [3.8, 4) is 0 Å². The lowest BCUT2D eigenvalue weighted by Crippen LogP contribution is -2.21. The fourth-order valence-electron chi connectivity index (χ4n) is 2.35. The second-order valence-corrected chi connectivity index (χ2v) is 6.46. The van der Waals surface area contributed by atoms with E-state index >= 15 is 0 Å². The molecule has 2 N–H and O–H groups in total. The maximum absolute atomic E-state index is 12.2. The van der Waals surface area contributed by atoms with E-state index in [0.29, 0.717) is 11.3 Å². The van der Waals surface area contributed by atoms with E-state index in [2.05, 4.69) is 26.6 Å². The smallest absolute Gasteiger partial charge is 0.255 e. The summed E-state index contributed by atoms with van der Waals surface area (Å²) in [6.07, 6.45) is 1.63. The average Bonchev–Trinajstić information content (AvgIpc) is 2.58. The summed E-state index contributed by atoms with van der Waals surface area (Å²) in [6.45, 7) is 4.01. The normalized spacial score (nSPS) is 10.5. The van der Waals surface area contributed by atoms with E-state index < -0.39 is 0 Å². The molecule has 2 rings (SSSR count). The monoisotopic (exact) mass is 388 g/mol. The molecule has 126 valence electrons. The summed E-state index contributed by atoms with van der Waals surface area (Å²) in [4.78, 5) is 24.3. The minimum Gasteiger partial charge on any atom is -0.326 e. The molecule has 0 atom stereocenters. The summed E-state index contributed by atoms with van der Waals surface area (Å²) in [6, 6.07) is 14.3. The average molecular weight is 389 g/mol. The number of nitrogens with one attached hydrogen (secondary N) is 2. The molecule has 0 saturated carbocycles. The van der Waals surface area contributed by atoms with Crippen LogP contribution in [0.5, 0.6) is 0 Å². The van der Waals surface area contributed by atoms with Crippen molar-refractivity contribution >= 4 is 39.1 Å². The van der Waals surface area contributed by atoms with Crippen LogP contribution in [0.2, 0.25) is 0 Å². The summed E-state index contributed by atoms with van der Waals surface area (Å²) in [5.74, 6) is -0.146. The molecule has 2 aromatic rings. The van der Waals surface area contributed by atoms with Crippen molar-refractivity contribution in [1.82, 2.24) is 0 Å². The first-order valence-electron chi connectivity index (χ1n) is 8.01. The van der Waals surface area contributed by atoms with Crippen LogP contribution >= 0.6 is 15.9 Å². The highest BCUT2D eigenvalue weighted by molar-refractivity contribution is 9.10. The highest BCUT2D eigenvalue weighted by atomic mass is 79.9. The van der Waals surface area contributed by atoms with Gasteiger partial charge in [-0.25, -0.2) is 0 Å². The Hall–Kier alpha value is -2.14. The first kappa shape index (κ1) is 18.2. The lowest BCUT2D eigenvalue weighted by Gasteiger charge is -2.13. The third-order valence-electron chi connectivity index (χ3n) is 3.87. The van der Waals surface area contributed by atoms with Crippen molar-refractivity contribution in [1.29, 1.82) is 0 Å². The Kier molecular flexibility index (Phi) is 6.55. The van der Waals surface area contributed by atoms with Crippen LogP contribution < -0.4 is 10.6 Å². The summed E-state index contributed by atoms with van der Waals surface area (Å²) in [7, 11) is 0. The van der Waals surface area contributed by atoms with Gasteiger partial charge in [-0.2, -0.15) is 0 Å². The van der Waals surface area contributed by atoms with E-state index in [1.165, 1.54) is 0 Å². The maximum atomic E-state index is 12.2. The van der Waals surface area contributed by atoms with Crippen molar-refractivity contribution in [2.45, 2.75) is 26.7 Å². The van der Waals surface area contributed by atoms with Crippen LogP contribution in [0.1, 0.15) is 37.0 Å². The third-order valence-corrected chi connectivity index (χ3v) is 4.40. The molecule has 0 fully saturated rings. The van der Waals surface area contributed by atoms with Gasteiger partial charge in [0, 0.05) is 27.3 Å². The van der Waals surface area contributed by atoms with E-state index in [1.807, 2.05) is 38.1 Å². The zero-order valence-electron chi connectivity index (χ0n) is 13.8. The van der Waals surface area contributed by atoms with E-state index in [-0.39, 0.29) is 17.7 Å². The molecule has 0 heterocycles. The number of hydrogen-bond acceptors (Lipinski definition) is 2. The summed E-state index contributed by atoms with van der Waals surface area (Å²) < 4.78 is 0.957. The Morgan fingerprint density at radius 3 is 1.92 bits per heavy atom. The van der Waals surface area contributed by atoms with Crippen molar-refractivity contribution in [2.75, 3.05) is 10.6 Å². The molecule has 4 nitrogen and oxygen atoms in total. The number of amides is 2. The Bertz CT molecular complexity index is 692. The van der Waals surface area contributed by atoms with Gasteiger partial charge in [0.05, 0.1) is 0 Å². The SMILES string of the molecule is CCC(CC)C(=O)Nc1ccc(C(=O)Nc2ccc(Br)cc2)cc1. The Balaban J connectivity index is 1.99. The number of hydrogen-bond donors (Lipinski definition) is 2. The van der Waals surface area contributed by atoms with Crippen molar-refractivity contribution in [3.05, 3.63) is 58.6 Å². The maximum Gasteiger partial charge on any atom is 0.255 e. The van der Waals surface area contributed by atoms with Gasteiger partial charge in [0.25, 0.3) is 5.91 Å². The standard InChI is InChI=1S/C19H21BrN2O2/c1-3-13(4-2)18(23)21-16-9-5-14(6-10-16)19(24)22-17-11-7-15(20)8-12-17/h5-13H,3-4H2,1-2H3,(H,21,23)(H,22,24). The lowest BCUT2D eigenvalue weighted by atomic mass is 10.0. The van der Waals surface area contributed by atoms with Crippen LogP contribution in [-0.2, 0) is 4.79 Å². The molecule has 2 aromatic carbocycles. The third kappa shape index (κ3) is 4.93. The van der Waals surface area contributed by atoms with Crippen molar-refractivity contribution in [3.63, 3.8) is 0 Å². The fraction of sp³-hybridized carbons (Fsp3) is 0.263. The van der Waals surface area contributed by atoms with E-state index in [0.717, 1.165) is 23.0 Å². The van der Waals surface area contributed by atoms with Crippen LogP contribution in [0, 0.1) is 5.92 Å². The molecule has 0 aromatic heterocycles. The molecule has 0 aliphatic heterocycles. The second kappa shape index (κ2) is 8.64. The van der Waals surface area contributed by atoms with Gasteiger partial charge >= 0.3 is 0 Å². The largest absolute Gasteiger partial charge is 0.326 e. The van der Waals surface area contributed by atoms with E-state index in [9.17, 15) is 9.59 Å². The summed E-state index contributed by atoms with van der Waals surface area (Å²) >= 11 is 3.36. The van der Waals surface area contributed by atoms with Gasteiger partial charge in [0.2, 0.25) is 5.91 Å². The molecule has 0 radical (unpaired) electrons. The molecular weight excluding hydrogens is 368 g/mol. The first-order valence-corrected chi connectivity index (χ1v) is 8.80. The predicted octanol–water partition coefficient (Wildman–Crippen LogP) is 5.08. The number of carbonyl (C=O) groups excluding carboxylic acids is 2. The van der Waals surface area contributed by atoms with Gasteiger partial charge in [-0.05, 0) is 61.4 Å². The van der Waals surface area contributed by atoms with Crippen LogP contribution in [-0.4, -0.2) is 11.8 Å². The first-order chi connectivity index (χ1) is 11.5. The molecule has 0 spiro atoms. The quantitative estimate of drug-likeness (QED) is 0.724. The van der Waals surface area contributed by atoms with Crippen molar-refractivity contribution in [2.24, 2.45) is 5.92 Å². The zero-order valence-corrected chi connectivity index (χ0v) is 15.4. The minimum atomic E-state index is -0.185. The molecule has 0 saturated heterocycles. The topological polar surface area (TPSA) is 58.2 Å². The van der Waals surface area contributed by atoms with Crippen LogP contribution in [0.15, 0.2) is 53.0 Å². The molecule has 24 heavy (non-hydrogen) atoms. The highest BCUT2D eigenvalue weighted by Gasteiger charge is 2.14. The molecule has 0 bridgehead atoms. The number of rotatable bonds is 6. The van der Waals surface area contributed by atoms with Crippen LogP contribution in [0.4, 0.5) is 11.4 Å². The zero-order chi connectivity index (χ0) is 17.5. The summed E-state index contributed by atoms with van der Waals surface area (Å²) in [5.41, 5.74) is 1.97. The van der Waals surface area contributed by atoms with Gasteiger partial charge in [-0.3, -0.25) is 9.59 Å². The van der Waals surface area contributed by atoms with Gasteiger partial charge in [-0.15, -0.1) is 0 Å². The fourth-order valence-corrected chi connectivity index (χ4v) is 2.61. The van der Waals surface area contributed by atoms with E-state index in [1.54, 1.807) is 24.3 Å². The lowest BCUT2D eigenvalue weighted by molar-refractivity contribution is -0.120. The number of benzene rings is 2. The number of halogens is 1. The summed E-state index contributed by atoms with van der Waals surface area (Å²) in [5, 5.41) is 5.73. The van der Waals surface area contributed by atoms with Gasteiger partial charge in [0.15, 0.2) is 0 Å². The van der Waals surface area contributed by atoms with E-state index in [4.69, 9.17) is 0 Å². The molecular formula is C19H21BrN2O2.